The molecule has 1 aromatic heterocycles. The Labute approximate surface area is 145 Å². The second kappa shape index (κ2) is 5.10. The number of nitrogens with one attached hydrogen (secondary N) is 2. The number of fused-ring (bicyclic) bond motifs is 3. The van der Waals surface area contributed by atoms with E-state index in [1.807, 2.05) is 24.3 Å². The average Bonchev–Trinajstić information content (AvgIpc) is 2.91. The van der Waals surface area contributed by atoms with Gasteiger partial charge in [-0.15, -0.1) is 0 Å². The van der Waals surface area contributed by atoms with E-state index in [1.165, 1.54) is 6.42 Å². The van der Waals surface area contributed by atoms with Gasteiger partial charge < -0.3 is 10.3 Å². The maximum atomic E-state index is 12.6. The number of H-pyrrole nitrogens is 1. The molecule has 2 N–H and O–H groups in total. The number of carbonyl (C=O) groups is 1. The summed E-state index contributed by atoms with van der Waals surface area (Å²) in [5, 5.41) is 4.35. The second-order valence-corrected chi connectivity index (χ2v) is 8.87. The quantitative estimate of drug-likeness (QED) is 0.783. The van der Waals surface area contributed by atoms with E-state index in [0.29, 0.717) is 23.1 Å². The van der Waals surface area contributed by atoms with Crippen molar-refractivity contribution < 1.29 is 4.79 Å². The smallest absolute Gasteiger partial charge is 0.267 e. The van der Waals surface area contributed by atoms with Gasteiger partial charge in [-0.1, -0.05) is 42.8 Å². The van der Waals surface area contributed by atoms with Gasteiger partial charge in [0, 0.05) is 21.4 Å². The van der Waals surface area contributed by atoms with Gasteiger partial charge in [0.2, 0.25) is 0 Å². The van der Waals surface area contributed by atoms with Crippen molar-refractivity contribution in [1.82, 2.24) is 10.3 Å². The van der Waals surface area contributed by atoms with E-state index in [4.69, 9.17) is 0 Å². The number of halogens is 1. The summed E-state index contributed by atoms with van der Waals surface area (Å²) in [4.78, 5) is 15.9. The lowest BCUT2D eigenvalue weighted by molar-refractivity contribution is -0.113. The fourth-order valence-electron chi connectivity index (χ4n) is 4.81. The molecule has 122 valence electrons. The van der Waals surface area contributed by atoms with E-state index in [1.54, 1.807) is 0 Å². The minimum absolute atomic E-state index is 0.0216. The highest BCUT2D eigenvalue weighted by Crippen LogP contribution is 2.61. The Balaban J connectivity index is 1.51. The largest absolute Gasteiger partial charge is 0.350 e. The molecule has 0 unspecified atom stereocenters. The molecule has 0 saturated heterocycles. The molecule has 1 heterocycles. The average molecular weight is 375 g/mol. The van der Waals surface area contributed by atoms with Gasteiger partial charge in [-0.05, 0) is 54.2 Å². The molecular weight excluding hydrogens is 352 g/mol. The molecular formula is C19H23BrN2O. The summed E-state index contributed by atoms with van der Waals surface area (Å²) in [6.45, 7) is 7.07. The van der Waals surface area contributed by atoms with E-state index in [2.05, 4.69) is 47.0 Å². The number of aromatic nitrogens is 1. The third kappa shape index (κ3) is 2.34. The second-order valence-electron chi connectivity index (χ2n) is 7.95. The standard InChI is InChI=1S/C19H23BrN2O/c1-10-14-7-12(19(14,2)3)8-15(10)22-18(23)17-6-11-4-5-13(20)9-16(11)21-17/h4-6,9-10,12,14-15,21H,7-8H2,1-3H3,(H,22,23)/t10-,12+,14-,15-/m0/s1. The molecule has 4 heteroatoms. The van der Waals surface area contributed by atoms with Gasteiger partial charge in [0.15, 0.2) is 0 Å². The molecule has 0 spiro atoms. The zero-order valence-corrected chi connectivity index (χ0v) is 15.4. The van der Waals surface area contributed by atoms with Gasteiger partial charge in [0.05, 0.1) is 0 Å². The first kappa shape index (κ1) is 15.3. The normalized spacial score (nSPS) is 31.7. The molecule has 3 aliphatic carbocycles. The number of hydrogen-bond donors (Lipinski definition) is 2. The molecule has 3 saturated carbocycles. The zero-order chi connectivity index (χ0) is 16.4. The molecule has 23 heavy (non-hydrogen) atoms. The van der Waals surface area contributed by atoms with Gasteiger partial charge in [-0.3, -0.25) is 4.79 Å². The summed E-state index contributed by atoms with van der Waals surface area (Å²) in [7, 11) is 0. The van der Waals surface area contributed by atoms with Crippen LogP contribution in [0.25, 0.3) is 10.9 Å². The van der Waals surface area contributed by atoms with Crippen molar-refractivity contribution in [3.63, 3.8) is 0 Å². The van der Waals surface area contributed by atoms with Crippen molar-refractivity contribution in [3.05, 3.63) is 34.4 Å². The van der Waals surface area contributed by atoms with Crippen LogP contribution in [0.3, 0.4) is 0 Å². The summed E-state index contributed by atoms with van der Waals surface area (Å²) >= 11 is 3.47. The van der Waals surface area contributed by atoms with Crippen molar-refractivity contribution in [2.45, 2.75) is 39.7 Å². The van der Waals surface area contributed by atoms with E-state index in [0.717, 1.165) is 33.6 Å². The number of benzene rings is 1. The lowest BCUT2D eigenvalue weighted by Gasteiger charge is -2.62. The number of hydrogen-bond acceptors (Lipinski definition) is 1. The number of amides is 1. The topological polar surface area (TPSA) is 44.9 Å². The van der Waals surface area contributed by atoms with Crippen LogP contribution in [0.15, 0.2) is 28.7 Å². The highest BCUT2D eigenvalue weighted by molar-refractivity contribution is 9.10. The number of aromatic amines is 1. The van der Waals surface area contributed by atoms with Crippen LogP contribution in [-0.4, -0.2) is 16.9 Å². The van der Waals surface area contributed by atoms with Gasteiger partial charge in [-0.2, -0.15) is 0 Å². The van der Waals surface area contributed by atoms with E-state index < -0.39 is 0 Å². The lowest BCUT2D eigenvalue weighted by atomic mass is 9.45. The van der Waals surface area contributed by atoms with Crippen molar-refractivity contribution >= 4 is 32.7 Å². The van der Waals surface area contributed by atoms with Gasteiger partial charge in [0.25, 0.3) is 5.91 Å². The number of rotatable bonds is 2. The Bertz CT molecular complexity index is 779. The molecule has 3 fully saturated rings. The lowest BCUT2D eigenvalue weighted by Crippen LogP contribution is -2.60. The third-order valence-electron chi connectivity index (χ3n) is 6.50. The fraction of sp³-hybridized carbons (Fsp3) is 0.526. The highest BCUT2D eigenvalue weighted by atomic mass is 79.9. The molecule has 2 aromatic rings. The monoisotopic (exact) mass is 374 g/mol. The van der Waals surface area contributed by atoms with Gasteiger partial charge >= 0.3 is 0 Å². The van der Waals surface area contributed by atoms with Crippen molar-refractivity contribution in [2.24, 2.45) is 23.2 Å². The molecule has 3 nitrogen and oxygen atoms in total. The predicted octanol–water partition coefficient (Wildman–Crippen LogP) is 4.73. The highest BCUT2D eigenvalue weighted by Gasteiger charge is 2.56. The predicted molar refractivity (Wildman–Crippen MR) is 96.4 cm³/mol. The molecule has 4 atom stereocenters. The summed E-state index contributed by atoms with van der Waals surface area (Å²) in [6, 6.07) is 8.27. The van der Waals surface area contributed by atoms with E-state index in [-0.39, 0.29) is 5.91 Å². The molecule has 1 amide bonds. The van der Waals surface area contributed by atoms with Crippen LogP contribution >= 0.6 is 15.9 Å². The Morgan fingerprint density at radius 3 is 2.78 bits per heavy atom. The summed E-state index contributed by atoms with van der Waals surface area (Å²) < 4.78 is 1.02. The van der Waals surface area contributed by atoms with Crippen LogP contribution < -0.4 is 5.32 Å². The Kier molecular flexibility index (Phi) is 3.38. The Morgan fingerprint density at radius 2 is 2.09 bits per heavy atom. The van der Waals surface area contributed by atoms with Crippen LogP contribution in [-0.2, 0) is 0 Å². The van der Waals surface area contributed by atoms with Crippen LogP contribution in [0.2, 0.25) is 0 Å². The molecule has 5 rings (SSSR count). The molecule has 3 aliphatic rings. The maximum absolute atomic E-state index is 12.6. The molecule has 2 bridgehead atoms. The van der Waals surface area contributed by atoms with Crippen molar-refractivity contribution in [1.29, 1.82) is 0 Å². The van der Waals surface area contributed by atoms with E-state index >= 15 is 0 Å². The molecule has 0 aliphatic heterocycles. The third-order valence-corrected chi connectivity index (χ3v) is 6.99. The Hall–Kier alpha value is -1.29. The first-order valence-electron chi connectivity index (χ1n) is 8.45. The van der Waals surface area contributed by atoms with Crippen molar-refractivity contribution in [3.8, 4) is 0 Å². The van der Waals surface area contributed by atoms with E-state index in [9.17, 15) is 4.79 Å². The van der Waals surface area contributed by atoms with Crippen molar-refractivity contribution in [2.75, 3.05) is 0 Å². The molecule has 1 aromatic carbocycles. The summed E-state index contributed by atoms with van der Waals surface area (Å²) in [6.07, 6.45) is 2.45. The minimum Gasteiger partial charge on any atom is -0.350 e. The summed E-state index contributed by atoms with van der Waals surface area (Å²) in [5.41, 5.74) is 2.10. The first-order chi connectivity index (χ1) is 10.9. The Morgan fingerprint density at radius 1 is 1.30 bits per heavy atom. The van der Waals surface area contributed by atoms with Crippen LogP contribution in [0.4, 0.5) is 0 Å². The maximum Gasteiger partial charge on any atom is 0.267 e. The SMILES string of the molecule is C[C@@H]1[C@@H](NC(=O)c2cc3ccc(Br)cc3[nH]2)C[C@H]2C[C@@H]1C2(C)C. The molecule has 0 radical (unpaired) electrons. The first-order valence-corrected chi connectivity index (χ1v) is 9.24. The van der Waals surface area contributed by atoms with Crippen LogP contribution in [0, 0.1) is 23.2 Å². The van der Waals surface area contributed by atoms with Gasteiger partial charge in [0.1, 0.15) is 5.69 Å². The zero-order valence-electron chi connectivity index (χ0n) is 13.8. The fourth-order valence-corrected chi connectivity index (χ4v) is 5.17. The minimum atomic E-state index is 0.0216. The van der Waals surface area contributed by atoms with Crippen LogP contribution in [0.1, 0.15) is 44.1 Å². The number of carbonyl (C=O) groups excluding carboxylic acids is 1. The van der Waals surface area contributed by atoms with Gasteiger partial charge in [-0.25, -0.2) is 0 Å². The van der Waals surface area contributed by atoms with Crippen LogP contribution in [0.5, 0.6) is 0 Å². The summed E-state index contributed by atoms with van der Waals surface area (Å²) in [5.74, 6) is 2.07.